The Balaban J connectivity index is 0.922. The average molecular weight is 1450 g/mol. The van der Waals surface area contributed by atoms with Gasteiger partial charge in [-0.2, -0.15) is 5.26 Å². The van der Waals surface area contributed by atoms with E-state index in [2.05, 4.69) is 377 Å². The second-order valence-electron chi connectivity index (χ2n) is 29.4. The molecule has 2 aromatic heterocycles. The van der Waals surface area contributed by atoms with E-state index in [4.69, 9.17) is 13.8 Å². The fourth-order valence-corrected chi connectivity index (χ4v) is 17.9. The highest BCUT2D eigenvalue weighted by Crippen LogP contribution is 2.58. The van der Waals surface area contributed by atoms with Gasteiger partial charge in [-0.05, 0) is 169 Å². The number of aryl methyl sites for hydroxylation is 1. The number of furan rings is 2. The van der Waals surface area contributed by atoms with Gasteiger partial charge in [-0.3, -0.25) is 9.98 Å². The van der Waals surface area contributed by atoms with Crippen molar-refractivity contribution in [3.63, 3.8) is 0 Å². The Morgan fingerprint density at radius 2 is 1.15 bits per heavy atom. The molecule has 3 aliphatic heterocycles. The van der Waals surface area contributed by atoms with Crippen LogP contribution in [0.5, 0.6) is 0 Å². The van der Waals surface area contributed by atoms with Gasteiger partial charge in [-0.25, -0.2) is 4.99 Å². The largest absolute Gasteiger partial charge is 0.455 e. The fourth-order valence-electron chi connectivity index (χ4n) is 17.9. The number of aliphatic imine (C=N–C) groups is 3. The van der Waals surface area contributed by atoms with Gasteiger partial charge >= 0.3 is 0 Å². The van der Waals surface area contributed by atoms with E-state index in [-0.39, 0.29) is 6.04 Å². The molecule has 0 spiro atoms. The molecule has 22 rings (SSSR count). The summed E-state index contributed by atoms with van der Waals surface area (Å²) >= 11 is 0. The Labute approximate surface area is 650 Å². The lowest BCUT2D eigenvalue weighted by Gasteiger charge is -2.33. The summed E-state index contributed by atoms with van der Waals surface area (Å²) < 4.78 is 15.7. The third-order valence-electron chi connectivity index (χ3n) is 22.9. The minimum atomic E-state index is -0.0937. The first-order chi connectivity index (χ1) is 55.9. The number of para-hydroxylation sites is 2. The molecule has 532 valence electrons. The lowest BCUT2D eigenvalue weighted by Crippen LogP contribution is -2.44. The topological polar surface area (TPSA) is 103 Å². The van der Waals surface area contributed by atoms with E-state index in [9.17, 15) is 5.26 Å². The number of nitriles is 1. The molecule has 0 radical (unpaired) electrons. The number of hydrogen-bond acceptors (Lipinski definition) is 11. The van der Waals surface area contributed by atoms with E-state index in [1.807, 2.05) is 23.5 Å². The minimum absolute atomic E-state index is 0.0937. The first kappa shape index (κ1) is 65.0. The van der Waals surface area contributed by atoms with Crippen LogP contribution in [0.3, 0.4) is 0 Å². The van der Waals surface area contributed by atoms with Crippen molar-refractivity contribution in [2.75, 3.05) is 37.8 Å². The van der Waals surface area contributed by atoms with Crippen molar-refractivity contribution in [1.82, 2.24) is 0 Å². The predicted octanol–water partition coefficient (Wildman–Crippen LogP) is 24.5. The number of anilines is 9. The van der Waals surface area contributed by atoms with Crippen LogP contribution < -0.4 is 34.9 Å². The normalized spacial score (nSPS) is 14.4. The number of allylic oxidation sites excluding steroid dienone is 3. The molecular weight excluding hydrogens is 1380 g/mol. The number of rotatable bonds is 12. The maximum absolute atomic E-state index is 13.3. The molecule has 16 aromatic carbocycles. The van der Waals surface area contributed by atoms with Crippen LogP contribution in [0, 0.1) is 18.3 Å². The maximum Gasteiger partial charge on any atom is 0.159 e. The number of hydrogen-bond donors (Lipinski definition) is 0. The van der Waals surface area contributed by atoms with Crippen molar-refractivity contribution in [2.45, 2.75) is 13.0 Å². The Morgan fingerprint density at radius 3 is 1.98 bits per heavy atom. The van der Waals surface area contributed by atoms with Crippen LogP contribution >= 0.6 is 0 Å². The Kier molecular flexibility index (Phi) is 15.2. The van der Waals surface area contributed by atoms with Gasteiger partial charge in [0, 0.05) is 90.2 Å². The number of benzene rings is 16. The molecule has 0 N–H and O–H groups in total. The first-order valence-electron chi connectivity index (χ1n) is 38.2. The van der Waals surface area contributed by atoms with Gasteiger partial charge in [0.05, 0.1) is 57.5 Å². The molecule has 18 aromatic rings. The molecule has 5 heterocycles. The molecule has 1 aliphatic carbocycles. The van der Waals surface area contributed by atoms with E-state index in [1.165, 1.54) is 27.1 Å². The SMILES string of the molecule is Cc1ccc2c(c1)=CN(c1ccc3c(c1)oc1c3c(N(c3ccccc3)c3cccc4cc(-c5ccc6ccccc6c5)ccc34)cc3c(C#N)c(N(c4cccc(-c5ccccc5)c4)c4ccc(-c5ccccc5)c5ccccc45)c4cc(N5C=CC=NC5)c5oc6c(N7C=NC=NC7)cccc6c5c4c31)C1C=CC=CC=21. The van der Waals surface area contributed by atoms with Gasteiger partial charge < -0.3 is 33.3 Å². The van der Waals surface area contributed by atoms with Crippen LogP contribution in [0.25, 0.3) is 143 Å². The summed E-state index contributed by atoms with van der Waals surface area (Å²) in [6, 6.07) is 110. The molecule has 0 bridgehead atoms. The summed E-state index contributed by atoms with van der Waals surface area (Å²) in [5.41, 5.74) is 19.4. The zero-order chi connectivity index (χ0) is 74.8. The minimum Gasteiger partial charge on any atom is -0.455 e. The van der Waals surface area contributed by atoms with E-state index >= 15 is 0 Å². The number of fused-ring (bicyclic) bond motifs is 16. The molecule has 113 heavy (non-hydrogen) atoms. The Bertz CT molecular complexity index is 7450. The van der Waals surface area contributed by atoms with Gasteiger partial charge in [-0.15, -0.1) is 0 Å². The molecule has 11 nitrogen and oxygen atoms in total. The molecule has 0 amide bonds. The molecule has 0 saturated heterocycles. The summed E-state index contributed by atoms with van der Waals surface area (Å²) in [5, 5.41) is 28.7. The van der Waals surface area contributed by atoms with Crippen LogP contribution in [0.15, 0.2) is 358 Å². The quantitative estimate of drug-likeness (QED) is 0.111. The molecule has 4 aliphatic rings. The smallest absolute Gasteiger partial charge is 0.159 e. The van der Waals surface area contributed by atoms with Crippen molar-refractivity contribution < 1.29 is 8.83 Å². The highest BCUT2D eigenvalue weighted by atomic mass is 16.3. The van der Waals surface area contributed by atoms with Gasteiger partial charge in [0.25, 0.3) is 0 Å². The molecule has 0 saturated carbocycles. The fraction of sp³-hybridized carbons (Fsp3) is 0.0392. The molecule has 11 heteroatoms. The zero-order valence-electron chi connectivity index (χ0n) is 61.4. The Morgan fingerprint density at radius 1 is 0.442 bits per heavy atom. The summed E-state index contributed by atoms with van der Waals surface area (Å²) in [7, 11) is 0. The summed E-state index contributed by atoms with van der Waals surface area (Å²) in [6.45, 7) is 2.79. The van der Waals surface area contributed by atoms with Crippen LogP contribution in [0.4, 0.5) is 51.2 Å². The van der Waals surface area contributed by atoms with E-state index < -0.39 is 0 Å². The third-order valence-corrected chi connectivity index (χ3v) is 22.9. The van der Waals surface area contributed by atoms with Crippen molar-refractivity contribution in [3.8, 4) is 39.4 Å². The van der Waals surface area contributed by atoms with Gasteiger partial charge in [0.2, 0.25) is 0 Å². The zero-order valence-corrected chi connectivity index (χ0v) is 61.4. The highest BCUT2D eigenvalue weighted by Gasteiger charge is 2.35. The van der Waals surface area contributed by atoms with Gasteiger partial charge in [0.15, 0.2) is 11.2 Å². The van der Waals surface area contributed by atoms with Crippen LogP contribution in [-0.2, 0) is 0 Å². The van der Waals surface area contributed by atoms with E-state index in [1.54, 1.807) is 6.34 Å². The highest BCUT2D eigenvalue weighted by molar-refractivity contribution is 6.39. The standard InChI is InChI=1S/C102H67N9O2/c1-64-39-44-78-73(51-64)59-109(88-36-16-15-33-81(78)88)75-43-46-83-94(55-75)112-102-95(83)92(110(74-29-9-4-10-30-74)89-37-18-28-72-53-71(42-45-79(72)89)70-41-40-66-23-11-12-26-68(66)52-70)56-85-87(58-103)99(86-57-93(107-50-20-49-104-61-107)101-97(96(86)98(85)102)84-35-19-38-91(100(84)113-101)108-62-105-60-106-63-108)111(76-31-17-27-69(54-76)65-21-5-2-6-22-65)90-48-47-77(67-24-7-3-8-25-67)80-32-13-14-34-82(80)90/h2-57,59-60,62,88H,61,63H2,1H3. The van der Waals surface area contributed by atoms with Crippen LogP contribution in [0.1, 0.15) is 11.1 Å². The van der Waals surface area contributed by atoms with Crippen molar-refractivity contribution in [1.29, 1.82) is 5.26 Å². The maximum atomic E-state index is 13.3. The van der Waals surface area contributed by atoms with Crippen LogP contribution in [0.2, 0.25) is 0 Å². The van der Waals surface area contributed by atoms with Crippen molar-refractivity contribution >= 4 is 180 Å². The monoisotopic (exact) mass is 1450 g/mol. The van der Waals surface area contributed by atoms with Gasteiger partial charge in [0.1, 0.15) is 36.9 Å². The summed E-state index contributed by atoms with van der Waals surface area (Å²) in [4.78, 5) is 25.4. The predicted molar refractivity (Wildman–Crippen MR) is 471 cm³/mol. The van der Waals surface area contributed by atoms with Gasteiger partial charge in [-0.1, -0.05) is 236 Å². The number of nitrogens with zero attached hydrogens (tertiary/aromatic N) is 9. The lowest BCUT2D eigenvalue weighted by atomic mass is 9.88. The second-order valence-corrected chi connectivity index (χ2v) is 29.4. The molecule has 1 atom stereocenters. The lowest BCUT2D eigenvalue weighted by molar-refractivity contribution is 0.667. The van der Waals surface area contributed by atoms with Crippen LogP contribution in [-0.4, -0.2) is 38.3 Å². The van der Waals surface area contributed by atoms with Crippen molar-refractivity contribution in [3.05, 3.63) is 355 Å². The van der Waals surface area contributed by atoms with E-state index in [0.29, 0.717) is 52.3 Å². The Hall–Kier alpha value is -15.1. The molecule has 0 fully saturated rings. The summed E-state index contributed by atoms with van der Waals surface area (Å²) in [5.74, 6) is 0. The average Bonchev–Trinajstić information content (AvgIpc) is 1.61. The van der Waals surface area contributed by atoms with Crippen molar-refractivity contribution in [2.24, 2.45) is 15.0 Å². The first-order valence-corrected chi connectivity index (χ1v) is 38.2. The third kappa shape index (κ3) is 10.6. The summed E-state index contributed by atoms with van der Waals surface area (Å²) in [6.07, 6.45) is 20.4. The second kappa shape index (κ2) is 26.3. The molecule has 1 unspecified atom stereocenters. The van der Waals surface area contributed by atoms with E-state index in [0.717, 1.165) is 143 Å². The molecular formula is C102H67N9O2.